The number of nitrogens with zero attached hydrogens (tertiary/aromatic N) is 1. The van der Waals surface area contributed by atoms with Crippen molar-refractivity contribution in [1.29, 1.82) is 0 Å². The number of hydrogen-bond acceptors (Lipinski definition) is 3. The van der Waals surface area contributed by atoms with Crippen LogP contribution in [0.3, 0.4) is 0 Å². The Labute approximate surface area is 100 Å². The summed E-state index contributed by atoms with van der Waals surface area (Å²) in [4.78, 5) is 0. The predicted octanol–water partition coefficient (Wildman–Crippen LogP) is 1.21. The van der Waals surface area contributed by atoms with Crippen LogP contribution in [0.5, 0.6) is 0 Å². The molecule has 16 heavy (non-hydrogen) atoms. The minimum absolute atomic E-state index is 0.156. The molecule has 1 atom stereocenters. The molecule has 1 aromatic carbocycles. The van der Waals surface area contributed by atoms with E-state index in [9.17, 15) is 8.42 Å². The largest absolute Gasteiger partial charge is 0.329 e. The number of hydrogen-bond donors (Lipinski definition) is 1. The first kappa shape index (κ1) is 11.7. The van der Waals surface area contributed by atoms with Gasteiger partial charge in [0.05, 0.1) is 16.0 Å². The standard InChI is InChI=1S/C10H13ClN2O2S/c11-9-3-1-2-4-10(9)13-6-5-8(7-12)16(13,14)15/h1-4,8H,5-7,12H2. The van der Waals surface area contributed by atoms with Gasteiger partial charge >= 0.3 is 0 Å². The van der Waals surface area contributed by atoms with Crippen LogP contribution < -0.4 is 10.0 Å². The molecule has 1 aliphatic heterocycles. The fourth-order valence-corrected chi connectivity index (χ4v) is 3.96. The Morgan fingerprint density at radius 3 is 2.69 bits per heavy atom. The van der Waals surface area contributed by atoms with E-state index >= 15 is 0 Å². The van der Waals surface area contributed by atoms with E-state index in [4.69, 9.17) is 17.3 Å². The summed E-state index contributed by atoms with van der Waals surface area (Å²) in [6, 6.07) is 6.93. The molecule has 1 aliphatic rings. The molecule has 2 rings (SSSR count). The van der Waals surface area contributed by atoms with Gasteiger partial charge in [-0.3, -0.25) is 4.31 Å². The summed E-state index contributed by atoms with van der Waals surface area (Å²) in [5.74, 6) is 0. The van der Waals surface area contributed by atoms with Gasteiger partial charge in [-0.15, -0.1) is 0 Å². The van der Waals surface area contributed by atoms with E-state index in [2.05, 4.69) is 0 Å². The number of para-hydroxylation sites is 1. The molecule has 0 aromatic heterocycles. The molecule has 0 spiro atoms. The molecule has 4 nitrogen and oxygen atoms in total. The summed E-state index contributed by atoms with van der Waals surface area (Å²) in [5, 5.41) is -0.0347. The first-order chi connectivity index (χ1) is 7.57. The van der Waals surface area contributed by atoms with Gasteiger partial charge in [0.1, 0.15) is 0 Å². The minimum Gasteiger partial charge on any atom is -0.329 e. The molecule has 0 radical (unpaired) electrons. The van der Waals surface area contributed by atoms with E-state index in [1.54, 1.807) is 24.3 Å². The first-order valence-corrected chi connectivity index (χ1v) is 6.91. The first-order valence-electron chi connectivity index (χ1n) is 5.03. The van der Waals surface area contributed by atoms with Crippen LogP contribution in [0.4, 0.5) is 5.69 Å². The van der Waals surface area contributed by atoms with Gasteiger partial charge in [-0.25, -0.2) is 8.42 Å². The Hall–Kier alpha value is -0.780. The van der Waals surface area contributed by atoms with Gasteiger partial charge in [0.2, 0.25) is 10.0 Å². The van der Waals surface area contributed by atoms with Crippen LogP contribution in [0.2, 0.25) is 5.02 Å². The highest BCUT2D eigenvalue weighted by atomic mass is 35.5. The maximum Gasteiger partial charge on any atom is 0.239 e. The Kier molecular flexibility index (Phi) is 3.10. The summed E-state index contributed by atoms with van der Waals surface area (Å²) in [5.41, 5.74) is 5.99. The SMILES string of the molecule is NCC1CCN(c2ccccc2Cl)S1(=O)=O. The van der Waals surface area contributed by atoms with E-state index in [1.807, 2.05) is 0 Å². The normalized spacial score (nSPS) is 23.6. The molecule has 1 aromatic rings. The van der Waals surface area contributed by atoms with Crippen molar-refractivity contribution in [2.45, 2.75) is 11.7 Å². The number of nitrogens with two attached hydrogens (primary N) is 1. The second kappa shape index (κ2) is 4.24. The van der Waals surface area contributed by atoms with Crippen LogP contribution >= 0.6 is 11.6 Å². The Balaban J connectivity index is 2.42. The quantitative estimate of drug-likeness (QED) is 0.869. The molecule has 6 heteroatoms. The van der Waals surface area contributed by atoms with E-state index < -0.39 is 15.3 Å². The zero-order valence-corrected chi connectivity index (χ0v) is 10.2. The average molecular weight is 261 g/mol. The molecule has 0 saturated carbocycles. The monoisotopic (exact) mass is 260 g/mol. The number of rotatable bonds is 2. The van der Waals surface area contributed by atoms with E-state index in [1.165, 1.54) is 4.31 Å². The fraction of sp³-hybridized carbons (Fsp3) is 0.400. The molecule has 0 amide bonds. The van der Waals surface area contributed by atoms with Crippen molar-refractivity contribution < 1.29 is 8.42 Å². The Bertz CT molecular complexity index is 489. The van der Waals surface area contributed by atoms with Crippen LogP contribution in [0.25, 0.3) is 0 Å². The highest BCUT2D eigenvalue weighted by Crippen LogP contribution is 2.33. The van der Waals surface area contributed by atoms with Crippen molar-refractivity contribution in [3.05, 3.63) is 29.3 Å². The van der Waals surface area contributed by atoms with Crippen LogP contribution in [-0.4, -0.2) is 26.8 Å². The van der Waals surface area contributed by atoms with Gasteiger partial charge in [-0.1, -0.05) is 23.7 Å². The molecule has 88 valence electrons. The average Bonchev–Trinajstić information content (AvgIpc) is 2.54. The third-order valence-electron chi connectivity index (χ3n) is 2.77. The highest BCUT2D eigenvalue weighted by molar-refractivity contribution is 7.93. The van der Waals surface area contributed by atoms with Gasteiger partial charge in [-0.05, 0) is 18.6 Å². The van der Waals surface area contributed by atoms with Gasteiger partial charge in [0.25, 0.3) is 0 Å². The second-order valence-electron chi connectivity index (χ2n) is 3.71. The highest BCUT2D eigenvalue weighted by Gasteiger charge is 2.38. The maximum absolute atomic E-state index is 12.1. The lowest BCUT2D eigenvalue weighted by atomic mass is 10.3. The van der Waals surface area contributed by atoms with Crippen molar-refractivity contribution >= 4 is 27.3 Å². The smallest absolute Gasteiger partial charge is 0.239 e. The maximum atomic E-state index is 12.1. The van der Waals surface area contributed by atoms with E-state index in [0.29, 0.717) is 23.7 Å². The lowest BCUT2D eigenvalue weighted by molar-refractivity contribution is 0.588. The van der Waals surface area contributed by atoms with Crippen molar-refractivity contribution in [2.24, 2.45) is 5.73 Å². The predicted molar refractivity (Wildman–Crippen MR) is 65.2 cm³/mol. The summed E-state index contributed by atoms with van der Waals surface area (Å²) in [6.45, 7) is 0.608. The summed E-state index contributed by atoms with van der Waals surface area (Å²) < 4.78 is 25.5. The lowest BCUT2D eigenvalue weighted by Crippen LogP contribution is -2.33. The fourth-order valence-electron chi connectivity index (χ4n) is 1.87. The van der Waals surface area contributed by atoms with E-state index in [0.717, 1.165) is 0 Å². The second-order valence-corrected chi connectivity index (χ2v) is 6.26. The van der Waals surface area contributed by atoms with Gasteiger partial charge < -0.3 is 5.73 Å². The summed E-state index contributed by atoms with van der Waals surface area (Å²) in [6.07, 6.45) is 0.560. The number of halogens is 1. The molecule has 2 N–H and O–H groups in total. The van der Waals surface area contributed by atoms with Gasteiger partial charge in [0.15, 0.2) is 0 Å². The third-order valence-corrected chi connectivity index (χ3v) is 5.35. The van der Waals surface area contributed by atoms with Crippen LogP contribution in [0.1, 0.15) is 6.42 Å². The van der Waals surface area contributed by atoms with Crippen LogP contribution in [0.15, 0.2) is 24.3 Å². The summed E-state index contributed by atoms with van der Waals surface area (Å²) >= 11 is 5.99. The van der Waals surface area contributed by atoms with Crippen LogP contribution in [-0.2, 0) is 10.0 Å². The minimum atomic E-state index is -3.33. The van der Waals surface area contributed by atoms with Gasteiger partial charge in [-0.2, -0.15) is 0 Å². The molecule has 1 saturated heterocycles. The molecular formula is C10H13ClN2O2S. The number of benzene rings is 1. The Morgan fingerprint density at radius 2 is 2.12 bits per heavy atom. The van der Waals surface area contributed by atoms with Crippen molar-refractivity contribution in [2.75, 3.05) is 17.4 Å². The third kappa shape index (κ3) is 1.79. The molecule has 0 aliphatic carbocycles. The number of sulfonamides is 1. The summed E-state index contributed by atoms with van der Waals surface area (Å²) in [7, 11) is -3.33. The molecule has 1 unspecified atom stereocenters. The zero-order valence-electron chi connectivity index (χ0n) is 8.64. The van der Waals surface area contributed by atoms with Crippen molar-refractivity contribution in [1.82, 2.24) is 0 Å². The molecule has 0 bridgehead atoms. The van der Waals surface area contributed by atoms with Gasteiger partial charge in [0, 0.05) is 13.1 Å². The van der Waals surface area contributed by atoms with Crippen molar-refractivity contribution in [3.63, 3.8) is 0 Å². The molecule has 1 fully saturated rings. The van der Waals surface area contributed by atoms with E-state index in [-0.39, 0.29) is 6.54 Å². The zero-order chi connectivity index (χ0) is 11.8. The number of anilines is 1. The Morgan fingerprint density at radius 1 is 1.44 bits per heavy atom. The van der Waals surface area contributed by atoms with Crippen molar-refractivity contribution in [3.8, 4) is 0 Å². The molecule has 1 heterocycles. The molecular weight excluding hydrogens is 248 g/mol. The van der Waals surface area contributed by atoms with Crippen LogP contribution in [0, 0.1) is 0 Å². The lowest BCUT2D eigenvalue weighted by Gasteiger charge is -2.19. The topological polar surface area (TPSA) is 63.4 Å².